The summed E-state index contributed by atoms with van der Waals surface area (Å²) in [5, 5.41) is 9.68. The van der Waals surface area contributed by atoms with Crippen LogP contribution in [-0.4, -0.2) is 29.1 Å². The van der Waals surface area contributed by atoms with E-state index in [0.29, 0.717) is 12.5 Å². The molecule has 8 heteroatoms. The second kappa shape index (κ2) is 7.98. The smallest absolute Gasteiger partial charge is 0.198 e. The molecule has 4 rings (SSSR count). The van der Waals surface area contributed by atoms with Gasteiger partial charge in [-0.25, -0.2) is 4.98 Å². The van der Waals surface area contributed by atoms with E-state index in [-0.39, 0.29) is 0 Å². The van der Waals surface area contributed by atoms with Crippen LogP contribution in [0.3, 0.4) is 0 Å². The van der Waals surface area contributed by atoms with Crippen LogP contribution in [0.5, 0.6) is 0 Å². The van der Waals surface area contributed by atoms with Gasteiger partial charge in [-0.2, -0.15) is 4.37 Å². The Morgan fingerprint density at radius 1 is 1.04 bits per heavy atom. The molecule has 0 amide bonds. The van der Waals surface area contributed by atoms with Gasteiger partial charge in [-0.15, -0.1) is 10.2 Å². The van der Waals surface area contributed by atoms with Gasteiger partial charge in [-0.3, -0.25) is 9.55 Å². The van der Waals surface area contributed by atoms with Crippen LogP contribution < -0.4 is 0 Å². The summed E-state index contributed by atoms with van der Waals surface area (Å²) in [6.45, 7) is 4.87. The summed E-state index contributed by atoms with van der Waals surface area (Å²) < 4.78 is 7.43. The number of hydrogen-bond donors (Lipinski definition) is 0. The molecule has 27 heavy (non-hydrogen) atoms. The van der Waals surface area contributed by atoms with Gasteiger partial charge in [-0.05, 0) is 41.0 Å². The molecule has 136 valence electrons. The van der Waals surface area contributed by atoms with Gasteiger partial charge in [0.05, 0.1) is 6.54 Å². The molecule has 0 radical (unpaired) electrons. The zero-order valence-electron chi connectivity index (χ0n) is 15.0. The van der Waals surface area contributed by atoms with E-state index in [4.69, 9.17) is 0 Å². The highest BCUT2D eigenvalue weighted by Crippen LogP contribution is 2.32. The van der Waals surface area contributed by atoms with Gasteiger partial charge in [0.2, 0.25) is 0 Å². The van der Waals surface area contributed by atoms with Crippen molar-refractivity contribution in [3.05, 3.63) is 66.2 Å². The molecule has 3 heterocycles. The average Bonchev–Trinajstić information content (AvgIpc) is 3.32. The Hall–Kier alpha value is -2.58. The van der Waals surface area contributed by atoms with E-state index in [1.54, 1.807) is 12.4 Å². The van der Waals surface area contributed by atoms with E-state index in [9.17, 15) is 0 Å². The minimum absolute atomic E-state index is 0.310. The molecule has 0 N–H and O–H groups in total. The van der Waals surface area contributed by atoms with Gasteiger partial charge < -0.3 is 0 Å². The van der Waals surface area contributed by atoms with Crippen LogP contribution in [0, 0.1) is 0 Å². The van der Waals surface area contributed by atoms with Crippen LogP contribution >= 0.6 is 23.3 Å². The van der Waals surface area contributed by atoms with Crippen molar-refractivity contribution < 1.29 is 0 Å². The van der Waals surface area contributed by atoms with Crippen molar-refractivity contribution in [2.45, 2.75) is 35.8 Å². The molecule has 1 aromatic carbocycles. The molecule has 0 aliphatic heterocycles. The van der Waals surface area contributed by atoms with Crippen LogP contribution in [0.1, 0.15) is 31.2 Å². The molecule has 0 aliphatic carbocycles. The lowest BCUT2D eigenvalue weighted by Gasteiger charge is -2.09. The Morgan fingerprint density at radius 2 is 1.81 bits per heavy atom. The fraction of sp³-hybridized carbons (Fsp3) is 0.211. The van der Waals surface area contributed by atoms with Gasteiger partial charge in [0.1, 0.15) is 5.82 Å². The molecule has 3 aromatic heterocycles. The predicted molar refractivity (Wildman–Crippen MR) is 107 cm³/mol. The SMILES string of the molecule is CC(C)c1nsc(Sc2nnc(-c3ccncc3)n2Cc2ccccc2)n1. The van der Waals surface area contributed by atoms with Crippen LogP contribution in [0.4, 0.5) is 0 Å². The van der Waals surface area contributed by atoms with Gasteiger partial charge in [0, 0.05) is 23.9 Å². The third-order valence-corrected chi connectivity index (χ3v) is 5.71. The first-order valence-corrected chi connectivity index (χ1v) is 10.2. The number of pyridine rings is 1. The Bertz CT molecular complexity index is 1010. The molecule has 0 saturated heterocycles. The largest absolute Gasteiger partial charge is 0.297 e. The molecule has 6 nitrogen and oxygen atoms in total. The number of aromatic nitrogens is 6. The van der Waals surface area contributed by atoms with E-state index in [0.717, 1.165) is 26.7 Å². The van der Waals surface area contributed by atoms with Crippen LogP contribution in [0.25, 0.3) is 11.4 Å². The van der Waals surface area contributed by atoms with Crippen molar-refractivity contribution >= 4 is 23.3 Å². The lowest BCUT2D eigenvalue weighted by atomic mass is 10.2. The van der Waals surface area contributed by atoms with Crippen molar-refractivity contribution in [1.82, 2.24) is 29.1 Å². The number of nitrogens with zero attached hydrogens (tertiary/aromatic N) is 6. The summed E-state index contributed by atoms with van der Waals surface area (Å²) in [6.07, 6.45) is 3.53. The van der Waals surface area contributed by atoms with Crippen LogP contribution in [0.2, 0.25) is 0 Å². The zero-order chi connectivity index (χ0) is 18.6. The molecular formula is C19H18N6S2. The Kier molecular flexibility index (Phi) is 5.26. The minimum Gasteiger partial charge on any atom is -0.297 e. The second-order valence-electron chi connectivity index (χ2n) is 6.29. The van der Waals surface area contributed by atoms with E-state index < -0.39 is 0 Å². The van der Waals surface area contributed by atoms with Gasteiger partial charge in [-0.1, -0.05) is 44.2 Å². The highest BCUT2D eigenvalue weighted by atomic mass is 32.2. The monoisotopic (exact) mass is 394 g/mol. The molecule has 0 atom stereocenters. The maximum atomic E-state index is 4.61. The average molecular weight is 395 g/mol. The molecule has 0 fully saturated rings. The van der Waals surface area contributed by atoms with Gasteiger partial charge in [0.25, 0.3) is 0 Å². The Balaban J connectivity index is 1.71. The maximum absolute atomic E-state index is 4.61. The highest BCUT2D eigenvalue weighted by molar-refractivity contribution is 8.00. The second-order valence-corrected chi connectivity index (χ2v) is 8.26. The lowest BCUT2D eigenvalue weighted by Crippen LogP contribution is -2.04. The first-order valence-electron chi connectivity index (χ1n) is 8.59. The van der Waals surface area contributed by atoms with Crippen molar-refractivity contribution in [2.24, 2.45) is 0 Å². The molecule has 0 spiro atoms. The summed E-state index contributed by atoms with van der Waals surface area (Å²) in [4.78, 5) is 8.71. The molecular weight excluding hydrogens is 376 g/mol. The lowest BCUT2D eigenvalue weighted by molar-refractivity contribution is 0.714. The summed E-state index contributed by atoms with van der Waals surface area (Å²) in [7, 11) is 0. The van der Waals surface area contributed by atoms with Crippen LogP contribution in [-0.2, 0) is 6.54 Å². The van der Waals surface area contributed by atoms with E-state index in [2.05, 4.69) is 55.1 Å². The number of benzene rings is 1. The van der Waals surface area contributed by atoms with Crippen molar-refractivity contribution in [1.29, 1.82) is 0 Å². The quantitative estimate of drug-likeness (QED) is 0.479. The standard InChI is InChI=1S/C19H18N6S2/c1-13(2)16-21-19(27-24-16)26-18-23-22-17(15-8-10-20-11-9-15)25(18)12-14-6-4-3-5-7-14/h3-11,13H,12H2,1-2H3. The highest BCUT2D eigenvalue weighted by Gasteiger charge is 2.18. The fourth-order valence-corrected chi connectivity index (χ4v) is 4.24. The van der Waals surface area contributed by atoms with Crippen LogP contribution in [0.15, 0.2) is 64.4 Å². The maximum Gasteiger partial charge on any atom is 0.198 e. The van der Waals surface area contributed by atoms with Gasteiger partial charge >= 0.3 is 0 Å². The molecule has 4 aromatic rings. The summed E-state index contributed by atoms with van der Waals surface area (Å²) in [6, 6.07) is 14.2. The third-order valence-electron chi connectivity index (χ3n) is 3.96. The topological polar surface area (TPSA) is 69.4 Å². The summed E-state index contributed by atoms with van der Waals surface area (Å²) in [5.74, 6) is 1.99. The summed E-state index contributed by atoms with van der Waals surface area (Å²) >= 11 is 2.91. The predicted octanol–water partition coefficient (Wildman–Crippen LogP) is 4.51. The van der Waals surface area contributed by atoms with Crippen molar-refractivity contribution in [3.63, 3.8) is 0 Å². The molecule has 0 aliphatic rings. The number of hydrogen-bond acceptors (Lipinski definition) is 7. The summed E-state index contributed by atoms with van der Waals surface area (Å²) in [5.41, 5.74) is 2.18. The first-order chi connectivity index (χ1) is 13.2. The molecule has 0 saturated carbocycles. The fourth-order valence-electron chi connectivity index (χ4n) is 2.56. The Labute approximate surface area is 165 Å². The minimum atomic E-state index is 0.310. The molecule has 0 unspecified atom stereocenters. The molecule has 0 bridgehead atoms. The third kappa shape index (κ3) is 4.06. The first kappa shape index (κ1) is 17.8. The number of rotatable bonds is 6. The van der Waals surface area contributed by atoms with E-state index >= 15 is 0 Å². The van der Waals surface area contributed by atoms with E-state index in [1.807, 2.05) is 30.3 Å². The van der Waals surface area contributed by atoms with Crippen molar-refractivity contribution in [3.8, 4) is 11.4 Å². The van der Waals surface area contributed by atoms with Crippen molar-refractivity contribution in [2.75, 3.05) is 0 Å². The normalized spacial score (nSPS) is 11.2. The Morgan fingerprint density at radius 3 is 2.52 bits per heavy atom. The van der Waals surface area contributed by atoms with Gasteiger partial charge in [0.15, 0.2) is 15.3 Å². The van der Waals surface area contributed by atoms with E-state index in [1.165, 1.54) is 28.9 Å². The zero-order valence-corrected chi connectivity index (χ0v) is 16.6.